The maximum absolute atomic E-state index is 11.4. The predicted octanol–water partition coefficient (Wildman–Crippen LogP) is 0.767. The van der Waals surface area contributed by atoms with Crippen LogP contribution in [-0.4, -0.2) is 37.3 Å². The highest BCUT2D eigenvalue weighted by atomic mass is 35.5. The van der Waals surface area contributed by atoms with Crippen LogP contribution in [0.1, 0.15) is 10.4 Å². The zero-order valence-electron chi connectivity index (χ0n) is 10.2. The summed E-state index contributed by atoms with van der Waals surface area (Å²) >= 11 is 5.38. The van der Waals surface area contributed by atoms with Crippen LogP contribution in [0.25, 0.3) is 0 Å². The van der Waals surface area contributed by atoms with Gasteiger partial charge in [0.1, 0.15) is 0 Å². The minimum Gasteiger partial charge on any atom is -0.465 e. The van der Waals surface area contributed by atoms with Crippen molar-refractivity contribution >= 4 is 35.1 Å². The third kappa shape index (κ3) is 4.59. The summed E-state index contributed by atoms with van der Waals surface area (Å²) in [6, 6.07) is 5.97. The van der Waals surface area contributed by atoms with E-state index in [2.05, 4.69) is 15.4 Å². The lowest BCUT2D eigenvalue weighted by Gasteiger charge is -2.06. The normalized spacial score (nSPS) is 9.58. The summed E-state index contributed by atoms with van der Waals surface area (Å²) in [5.74, 6) is -1.81. The van der Waals surface area contributed by atoms with E-state index in [0.717, 1.165) is 0 Å². The van der Waals surface area contributed by atoms with E-state index in [1.165, 1.54) is 31.4 Å². The molecule has 0 aliphatic carbocycles. The number of benzene rings is 1. The number of hydrogen-bond donors (Lipinski definition) is 2. The molecule has 0 aromatic heterocycles. The fourth-order valence-corrected chi connectivity index (χ4v) is 1.33. The second kappa shape index (κ2) is 7.38. The fourth-order valence-electron chi connectivity index (χ4n) is 1.24. The van der Waals surface area contributed by atoms with E-state index in [1.54, 1.807) is 0 Å². The predicted molar refractivity (Wildman–Crippen MR) is 70.1 cm³/mol. The van der Waals surface area contributed by atoms with Gasteiger partial charge in [0.2, 0.25) is 0 Å². The molecule has 1 aromatic carbocycles. The van der Waals surface area contributed by atoms with Gasteiger partial charge in [-0.2, -0.15) is 0 Å². The van der Waals surface area contributed by atoms with Crippen molar-refractivity contribution in [1.82, 2.24) is 5.32 Å². The molecule has 6 nitrogen and oxygen atoms in total. The molecule has 1 aromatic rings. The summed E-state index contributed by atoms with van der Waals surface area (Å²) in [5.41, 5.74) is 0.755. The summed E-state index contributed by atoms with van der Waals surface area (Å²) in [4.78, 5) is 33.9. The summed E-state index contributed by atoms with van der Waals surface area (Å²) < 4.78 is 4.54. The number of anilines is 1. The standard InChI is InChI=1S/C12H13ClN2O4/c1-19-12(18)8-2-4-9(5-3-8)15-11(17)10(16)14-7-6-13/h2-5H,6-7H2,1H3,(H,14,16)(H,15,17). The lowest BCUT2D eigenvalue weighted by molar-refractivity contribution is -0.136. The lowest BCUT2D eigenvalue weighted by atomic mass is 10.2. The first-order valence-corrected chi connectivity index (χ1v) is 5.95. The molecule has 1 rings (SSSR count). The monoisotopic (exact) mass is 284 g/mol. The number of carbonyl (C=O) groups excluding carboxylic acids is 3. The van der Waals surface area contributed by atoms with Gasteiger partial charge in [-0.05, 0) is 24.3 Å². The van der Waals surface area contributed by atoms with Crippen LogP contribution in [0.2, 0.25) is 0 Å². The summed E-state index contributed by atoms with van der Waals surface area (Å²) in [5, 5.41) is 4.72. The van der Waals surface area contributed by atoms with E-state index < -0.39 is 17.8 Å². The number of hydrogen-bond acceptors (Lipinski definition) is 4. The third-order valence-corrected chi connectivity index (χ3v) is 2.34. The second-order valence-corrected chi connectivity index (χ2v) is 3.85. The first-order valence-electron chi connectivity index (χ1n) is 5.42. The first kappa shape index (κ1) is 15.0. The molecule has 0 atom stereocenters. The minimum atomic E-state index is -0.795. The van der Waals surface area contributed by atoms with Crippen LogP contribution >= 0.6 is 11.6 Å². The van der Waals surface area contributed by atoms with E-state index in [-0.39, 0.29) is 12.4 Å². The van der Waals surface area contributed by atoms with Crippen LogP contribution in [0.4, 0.5) is 5.69 Å². The van der Waals surface area contributed by atoms with Gasteiger partial charge in [0.15, 0.2) is 0 Å². The van der Waals surface area contributed by atoms with Gasteiger partial charge < -0.3 is 15.4 Å². The smallest absolute Gasteiger partial charge is 0.337 e. The molecule has 0 unspecified atom stereocenters. The number of esters is 1. The minimum absolute atomic E-state index is 0.217. The van der Waals surface area contributed by atoms with E-state index in [0.29, 0.717) is 11.3 Å². The number of rotatable bonds is 4. The molecule has 0 aliphatic heterocycles. The Balaban J connectivity index is 2.60. The van der Waals surface area contributed by atoms with Gasteiger partial charge in [0.25, 0.3) is 0 Å². The topological polar surface area (TPSA) is 84.5 Å². The Morgan fingerprint density at radius 2 is 1.79 bits per heavy atom. The van der Waals surface area contributed by atoms with Crippen LogP contribution in [0.15, 0.2) is 24.3 Å². The van der Waals surface area contributed by atoms with Crippen molar-refractivity contribution < 1.29 is 19.1 Å². The van der Waals surface area contributed by atoms with Crippen LogP contribution in [0.5, 0.6) is 0 Å². The number of alkyl halides is 1. The molecule has 0 fully saturated rings. The van der Waals surface area contributed by atoms with E-state index in [1.807, 2.05) is 0 Å². The molecule has 0 bridgehead atoms. The quantitative estimate of drug-likeness (QED) is 0.486. The summed E-state index contributed by atoms with van der Waals surface area (Å²) in [6.07, 6.45) is 0. The van der Waals surface area contributed by atoms with Crippen molar-refractivity contribution in [3.63, 3.8) is 0 Å². The van der Waals surface area contributed by atoms with Crippen LogP contribution in [0, 0.1) is 0 Å². The number of amides is 2. The average molecular weight is 285 g/mol. The van der Waals surface area contributed by atoms with Crippen molar-refractivity contribution in [3.8, 4) is 0 Å². The number of nitrogens with one attached hydrogen (secondary N) is 2. The molecule has 0 aliphatic rings. The Labute approximate surface area is 115 Å². The first-order chi connectivity index (χ1) is 9.08. The fraction of sp³-hybridized carbons (Fsp3) is 0.250. The van der Waals surface area contributed by atoms with Crippen molar-refractivity contribution in [3.05, 3.63) is 29.8 Å². The number of ether oxygens (including phenoxy) is 1. The summed E-state index contributed by atoms with van der Waals surface area (Å²) in [6.45, 7) is 0.217. The van der Waals surface area contributed by atoms with Gasteiger partial charge in [0.05, 0.1) is 12.7 Å². The van der Waals surface area contributed by atoms with Gasteiger partial charge in [-0.25, -0.2) is 4.79 Å². The Bertz CT molecular complexity index is 473. The molecule has 0 radical (unpaired) electrons. The molecule has 0 spiro atoms. The van der Waals surface area contributed by atoms with Gasteiger partial charge >= 0.3 is 17.8 Å². The summed E-state index contributed by atoms with van der Waals surface area (Å²) in [7, 11) is 1.28. The van der Waals surface area contributed by atoms with Gasteiger partial charge in [-0.1, -0.05) is 0 Å². The molecule has 102 valence electrons. The molecular formula is C12H13ClN2O4. The molecule has 7 heteroatoms. The van der Waals surface area contributed by atoms with Crippen LogP contribution < -0.4 is 10.6 Å². The van der Waals surface area contributed by atoms with Crippen LogP contribution in [-0.2, 0) is 14.3 Å². The Morgan fingerprint density at radius 1 is 1.16 bits per heavy atom. The number of carbonyl (C=O) groups is 3. The van der Waals surface area contributed by atoms with E-state index >= 15 is 0 Å². The van der Waals surface area contributed by atoms with Crippen molar-refractivity contribution in [2.45, 2.75) is 0 Å². The maximum atomic E-state index is 11.4. The number of methoxy groups -OCH3 is 1. The van der Waals surface area contributed by atoms with Crippen molar-refractivity contribution in [1.29, 1.82) is 0 Å². The number of halogens is 1. The Kier molecular flexibility index (Phi) is 5.81. The maximum Gasteiger partial charge on any atom is 0.337 e. The molecule has 19 heavy (non-hydrogen) atoms. The van der Waals surface area contributed by atoms with Gasteiger partial charge in [-0.3, -0.25) is 9.59 Å². The molecule has 0 heterocycles. The van der Waals surface area contributed by atoms with Crippen LogP contribution in [0.3, 0.4) is 0 Å². The molecule has 2 amide bonds. The van der Waals surface area contributed by atoms with Crippen molar-refractivity contribution in [2.24, 2.45) is 0 Å². The zero-order chi connectivity index (χ0) is 14.3. The highest BCUT2D eigenvalue weighted by Crippen LogP contribution is 2.10. The van der Waals surface area contributed by atoms with Crippen molar-refractivity contribution in [2.75, 3.05) is 24.9 Å². The Morgan fingerprint density at radius 3 is 2.32 bits per heavy atom. The van der Waals surface area contributed by atoms with Gasteiger partial charge in [-0.15, -0.1) is 11.6 Å². The zero-order valence-corrected chi connectivity index (χ0v) is 11.0. The SMILES string of the molecule is COC(=O)c1ccc(NC(=O)C(=O)NCCCl)cc1. The molecule has 0 saturated carbocycles. The van der Waals surface area contributed by atoms with E-state index in [4.69, 9.17) is 11.6 Å². The third-order valence-electron chi connectivity index (χ3n) is 2.15. The Hall–Kier alpha value is -2.08. The molecule has 0 saturated heterocycles. The highest BCUT2D eigenvalue weighted by molar-refractivity contribution is 6.39. The average Bonchev–Trinajstić information content (AvgIpc) is 2.44. The molecular weight excluding hydrogens is 272 g/mol. The van der Waals surface area contributed by atoms with E-state index in [9.17, 15) is 14.4 Å². The largest absolute Gasteiger partial charge is 0.465 e. The molecule has 2 N–H and O–H groups in total. The van der Waals surface area contributed by atoms with Gasteiger partial charge in [0, 0.05) is 18.1 Å². The second-order valence-electron chi connectivity index (χ2n) is 3.47. The highest BCUT2D eigenvalue weighted by Gasteiger charge is 2.13. The lowest BCUT2D eigenvalue weighted by Crippen LogP contribution is -2.36.